The zero-order valence-electron chi connectivity index (χ0n) is 27.4. The van der Waals surface area contributed by atoms with Gasteiger partial charge in [-0.25, -0.2) is 0 Å². The van der Waals surface area contributed by atoms with Crippen LogP contribution in [0.2, 0.25) is 0 Å². The summed E-state index contributed by atoms with van der Waals surface area (Å²) < 4.78 is 6.17. The fraction of sp³-hybridized carbons (Fsp3) is 0.436. The van der Waals surface area contributed by atoms with Crippen molar-refractivity contribution >= 4 is 17.9 Å². The minimum Gasteiger partial charge on any atom is -0.493 e. The largest absolute Gasteiger partial charge is 0.493 e. The molecule has 0 saturated heterocycles. The van der Waals surface area contributed by atoms with E-state index in [4.69, 9.17) is 4.74 Å². The quantitative estimate of drug-likeness (QED) is 0.141. The smallest absolute Gasteiger partial charge is 0.261 e. The molecule has 4 rings (SSSR count). The number of fused-ring (bicyclic) bond motifs is 1. The van der Waals surface area contributed by atoms with Crippen LogP contribution >= 0.6 is 0 Å². The molecule has 234 valence electrons. The Morgan fingerprint density at radius 1 is 0.750 bits per heavy atom. The van der Waals surface area contributed by atoms with E-state index in [-0.39, 0.29) is 17.2 Å². The van der Waals surface area contributed by atoms with E-state index in [0.29, 0.717) is 37.1 Å². The second-order valence-corrected chi connectivity index (χ2v) is 12.2. The number of hydrogen-bond acceptors (Lipinski definition) is 4. The lowest BCUT2D eigenvalue weighted by molar-refractivity contribution is 0.0651. The van der Waals surface area contributed by atoms with Crippen LogP contribution in [0.1, 0.15) is 121 Å². The Morgan fingerprint density at radius 2 is 1.34 bits per heavy atom. The molecule has 1 heterocycles. The summed E-state index contributed by atoms with van der Waals surface area (Å²) in [6, 6.07) is 20.4. The minimum atomic E-state index is -0.759. The number of amides is 2. The fourth-order valence-corrected chi connectivity index (χ4v) is 6.41. The van der Waals surface area contributed by atoms with Crippen molar-refractivity contribution in [2.24, 2.45) is 0 Å². The maximum Gasteiger partial charge on any atom is 0.261 e. The van der Waals surface area contributed by atoms with Crippen LogP contribution in [-0.2, 0) is 5.41 Å². The average molecular weight is 596 g/mol. The third kappa shape index (κ3) is 6.83. The van der Waals surface area contributed by atoms with Gasteiger partial charge in [-0.3, -0.25) is 14.5 Å². The topological polar surface area (TPSA) is 66.8 Å². The van der Waals surface area contributed by atoms with Gasteiger partial charge in [0.1, 0.15) is 5.75 Å². The van der Waals surface area contributed by atoms with Gasteiger partial charge in [0.2, 0.25) is 0 Å². The number of carbonyl (C=O) groups excluding carboxylic acids is 2. The summed E-state index contributed by atoms with van der Waals surface area (Å²) in [5.74, 6) is 0.520. The SMILES string of the molecule is CCC(O)(C=Cc1ccc(C(CC)(CC)c2ccc(OCCCCCN3C(=O)c4ccccc4C3=O)c(C)c2)cc1C)CC. The Balaban J connectivity index is 1.36. The summed E-state index contributed by atoms with van der Waals surface area (Å²) in [5, 5.41) is 10.7. The first kappa shape index (κ1) is 33.2. The lowest BCUT2D eigenvalue weighted by Crippen LogP contribution is -2.30. The standard InChI is InChI=1S/C39H49NO4/c1-7-38(43,8-2)23-22-30-18-19-31(26-28(30)5)39(9-3,10-4)32-20-21-35(29(6)27-32)44-25-15-11-14-24-40-36(41)33-16-12-13-17-34(33)37(40)42/h12-13,16-23,26-27,43H,7-11,14-15,24-25H2,1-6H3. The molecule has 44 heavy (non-hydrogen) atoms. The van der Waals surface area contributed by atoms with Crippen LogP contribution in [0.15, 0.2) is 66.7 Å². The number of imide groups is 1. The van der Waals surface area contributed by atoms with Crippen LogP contribution in [0.25, 0.3) is 6.08 Å². The molecular weight excluding hydrogens is 546 g/mol. The first-order valence-electron chi connectivity index (χ1n) is 16.3. The fourth-order valence-electron chi connectivity index (χ4n) is 6.41. The van der Waals surface area contributed by atoms with Crippen molar-refractivity contribution < 1.29 is 19.4 Å². The maximum atomic E-state index is 12.6. The number of rotatable bonds is 15. The Labute approximate surface area is 264 Å². The zero-order valence-corrected chi connectivity index (χ0v) is 27.4. The second-order valence-electron chi connectivity index (χ2n) is 12.2. The van der Waals surface area contributed by atoms with Crippen molar-refractivity contribution in [1.29, 1.82) is 0 Å². The lowest BCUT2D eigenvalue weighted by Gasteiger charge is -2.34. The summed E-state index contributed by atoms with van der Waals surface area (Å²) in [5.41, 5.74) is 6.22. The summed E-state index contributed by atoms with van der Waals surface area (Å²) in [6.07, 6.45) is 9.85. The molecule has 0 radical (unpaired) electrons. The molecule has 5 nitrogen and oxygen atoms in total. The molecule has 0 fully saturated rings. The van der Waals surface area contributed by atoms with Gasteiger partial charge in [0.05, 0.1) is 23.3 Å². The van der Waals surface area contributed by atoms with Crippen LogP contribution in [0.5, 0.6) is 5.75 Å². The van der Waals surface area contributed by atoms with Gasteiger partial charge in [0.25, 0.3) is 11.8 Å². The summed E-state index contributed by atoms with van der Waals surface area (Å²) in [4.78, 5) is 26.5. The Kier molecular flexibility index (Phi) is 10.9. The van der Waals surface area contributed by atoms with Gasteiger partial charge >= 0.3 is 0 Å². The Hall–Kier alpha value is -3.70. The Morgan fingerprint density at radius 3 is 1.89 bits per heavy atom. The van der Waals surface area contributed by atoms with E-state index in [1.165, 1.54) is 21.6 Å². The van der Waals surface area contributed by atoms with E-state index < -0.39 is 5.60 Å². The van der Waals surface area contributed by atoms with Crippen LogP contribution < -0.4 is 4.74 Å². The van der Waals surface area contributed by atoms with Crippen molar-refractivity contribution in [3.8, 4) is 5.75 Å². The van der Waals surface area contributed by atoms with E-state index in [1.807, 2.05) is 19.9 Å². The highest BCUT2D eigenvalue weighted by molar-refractivity contribution is 6.21. The van der Waals surface area contributed by atoms with Gasteiger partial charge in [-0.1, -0.05) is 82.3 Å². The molecule has 1 aliphatic heterocycles. The third-order valence-corrected chi connectivity index (χ3v) is 9.72. The molecule has 0 spiro atoms. The molecule has 1 N–H and O–H groups in total. The molecule has 3 aromatic rings. The monoisotopic (exact) mass is 595 g/mol. The molecule has 0 bridgehead atoms. The molecule has 5 heteroatoms. The predicted molar refractivity (Wildman–Crippen MR) is 179 cm³/mol. The third-order valence-electron chi connectivity index (χ3n) is 9.72. The number of aliphatic hydroxyl groups is 1. The van der Waals surface area contributed by atoms with Gasteiger partial charge < -0.3 is 9.84 Å². The lowest BCUT2D eigenvalue weighted by atomic mass is 9.70. The van der Waals surface area contributed by atoms with E-state index in [9.17, 15) is 14.7 Å². The van der Waals surface area contributed by atoms with Crippen molar-refractivity contribution in [3.63, 3.8) is 0 Å². The zero-order chi connectivity index (χ0) is 31.9. The van der Waals surface area contributed by atoms with Crippen LogP contribution in [-0.4, -0.2) is 40.6 Å². The van der Waals surface area contributed by atoms with Crippen LogP contribution in [0, 0.1) is 13.8 Å². The van der Waals surface area contributed by atoms with E-state index in [2.05, 4.69) is 70.2 Å². The molecule has 2 amide bonds. The van der Waals surface area contributed by atoms with Crippen molar-refractivity contribution in [2.75, 3.05) is 13.2 Å². The van der Waals surface area contributed by atoms with Gasteiger partial charge in [0, 0.05) is 12.0 Å². The normalized spacial score (nSPS) is 13.7. The minimum absolute atomic E-state index is 0.103. The second kappa shape index (κ2) is 14.4. The van der Waals surface area contributed by atoms with Gasteiger partial charge in [0.15, 0.2) is 0 Å². The molecule has 3 aromatic carbocycles. The highest BCUT2D eigenvalue weighted by Gasteiger charge is 2.34. The number of carbonyl (C=O) groups is 2. The number of benzene rings is 3. The van der Waals surface area contributed by atoms with Gasteiger partial charge in [-0.15, -0.1) is 0 Å². The van der Waals surface area contributed by atoms with Crippen LogP contribution in [0.4, 0.5) is 0 Å². The van der Waals surface area contributed by atoms with Crippen LogP contribution in [0.3, 0.4) is 0 Å². The summed E-state index contributed by atoms with van der Waals surface area (Å²) in [7, 11) is 0. The molecular formula is C39H49NO4. The number of nitrogens with zero attached hydrogens (tertiary/aromatic N) is 1. The number of ether oxygens (including phenoxy) is 1. The highest BCUT2D eigenvalue weighted by atomic mass is 16.5. The number of hydrogen-bond donors (Lipinski definition) is 1. The molecule has 0 saturated carbocycles. The molecule has 0 atom stereocenters. The van der Waals surface area contributed by atoms with Crippen molar-refractivity contribution in [3.05, 3.63) is 106 Å². The highest BCUT2D eigenvalue weighted by Crippen LogP contribution is 2.41. The maximum absolute atomic E-state index is 12.6. The van der Waals surface area contributed by atoms with E-state index >= 15 is 0 Å². The molecule has 1 aliphatic rings. The van der Waals surface area contributed by atoms with Crippen molar-refractivity contribution in [2.45, 2.75) is 97.5 Å². The summed E-state index contributed by atoms with van der Waals surface area (Å²) in [6.45, 7) is 13.8. The van der Waals surface area contributed by atoms with E-state index in [1.54, 1.807) is 24.3 Å². The predicted octanol–water partition coefficient (Wildman–Crippen LogP) is 8.82. The molecule has 0 aliphatic carbocycles. The first-order valence-corrected chi connectivity index (χ1v) is 16.3. The van der Waals surface area contributed by atoms with Gasteiger partial charge in [-0.05, 0) is 105 Å². The first-order chi connectivity index (χ1) is 21.1. The van der Waals surface area contributed by atoms with Gasteiger partial charge in [-0.2, -0.15) is 0 Å². The van der Waals surface area contributed by atoms with E-state index in [0.717, 1.165) is 49.0 Å². The summed E-state index contributed by atoms with van der Waals surface area (Å²) >= 11 is 0. The average Bonchev–Trinajstić information content (AvgIpc) is 3.28. The molecule has 0 unspecified atom stereocenters. The van der Waals surface area contributed by atoms with Crippen molar-refractivity contribution in [1.82, 2.24) is 4.90 Å². The number of unbranched alkanes of at least 4 members (excludes halogenated alkanes) is 2. The Bertz CT molecular complexity index is 1460. The molecule has 0 aromatic heterocycles. The number of aryl methyl sites for hydroxylation is 2.